The first-order valence-electron chi connectivity index (χ1n) is 30.9. The molecule has 0 spiro atoms. The van der Waals surface area contributed by atoms with Gasteiger partial charge in [-0.25, -0.2) is 0 Å². The Morgan fingerprint density at radius 1 is 0.167 bits per heavy atom. The zero-order valence-corrected chi connectivity index (χ0v) is 51.5. The van der Waals surface area contributed by atoms with Crippen LogP contribution in [0.25, 0.3) is 0 Å². The van der Waals surface area contributed by atoms with E-state index in [4.69, 9.17) is 21.3 Å². The second-order valence-electron chi connectivity index (χ2n) is 35.9. The first-order chi connectivity index (χ1) is 32.8. The minimum Gasteiger partial charge on any atom is -0.286 e. The molecule has 16 unspecified atom stereocenters. The fourth-order valence-corrected chi connectivity index (χ4v) is 20.6. The van der Waals surface area contributed by atoms with Gasteiger partial charge in [0, 0.05) is 0 Å². The van der Waals surface area contributed by atoms with Crippen molar-refractivity contribution < 1.29 is 0 Å². The molecule has 0 amide bonds. The van der Waals surface area contributed by atoms with Crippen LogP contribution in [0, 0.1) is 138 Å². The van der Waals surface area contributed by atoms with Crippen LogP contribution in [0.15, 0.2) is 0 Å². The summed E-state index contributed by atoms with van der Waals surface area (Å²) in [4.78, 5) is 0. The molecule has 72 heavy (non-hydrogen) atoms. The van der Waals surface area contributed by atoms with Crippen LogP contribution in [0.1, 0.15) is 218 Å². The van der Waals surface area contributed by atoms with Gasteiger partial charge in [-0.1, -0.05) is 166 Å². The molecule has 0 radical (unpaired) electrons. The Morgan fingerprint density at radius 2 is 0.250 bits per heavy atom. The van der Waals surface area contributed by atoms with E-state index in [0.29, 0.717) is 94.7 Å². The lowest BCUT2D eigenvalue weighted by Gasteiger charge is -2.53. The average Bonchev–Trinajstić information content (AvgIpc) is 3.95. The van der Waals surface area contributed by atoms with E-state index < -0.39 is 0 Å². The molecule has 416 valence electrons. The summed E-state index contributed by atoms with van der Waals surface area (Å²) < 4.78 is 0. The Morgan fingerprint density at radius 3 is 0.319 bits per heavy atom. The van der Waals surface area contributed by atoms with Gasteiger partial charge in [-0.05, 0) is 189 Å². The quantitative estimate of drug-likeness (QED) is 0.122. The zero-order valence-electron chi connectivity index (χ0n) is 51.5. The summed E-state index contributed by atoms with van der Waals surface area (Å²) in [7, 11) is 0. The lowest BCUT2D eigenvalue weighted by molar-refractivity contribution is -0.0424. The predicted octanol–water partition coefficient (Wildman–Crippen LogP) is 12.8. The third-order valence-electron chi connectivity index (χ3n) is 23.5. The van der Waals surface area contributed by atoms with Gasteiger partial charge in [0.2, 0.25) is 0 Å². The average molecular weight is 1000 g/mol. The summed E-state index contributed by atoms with van der Waals surface area (Å²) in [6, 6.07) is 0. The molecule has 8 N–H and O–H groups in total. The molecule has 9 aliphatic rings. The van der Waals surface area contributed by atoms with Crippen LogP contribution in [-0.4, -0.2) is 49.3 Å². The lowest BCUT2D eigenvalue weighted by Crippen LogP contribution is -2.62. The van der Waals surface area contributed by atoms with Crippen molar-refractivity contribution in [2.75, 3.05) is 0 Å². The van der Waals surface area contributed by atoms with E-state index in [-0.39, 0.29) is 92.6 Å². The van der Waals surface area contributed by atoms with Gasteiger partial charge in [0.25, 0.3) is 0 Å². The molecular weight excluding hydrogens is 881 g/mol. The van der Waals surface area contributed by atoms with Gasteiger partial charge in [0.05, 0.1) is 49.3 Å². The minimum absolute atomic E-state index is 0.204. The van der Waals surface area contributed by atoms with Gasteiger partial charge >= 0.3 is 0 Å². The highest BCUT2D eigenvalue weighted by molar-refractivity contribution is 5.17. The third-order valence-corrected chi connectivity index (χ3v) is 23.5. The van der Waals surface area contributed by atoms with E-state index in [1.165, 1.54) is 51.4 Å². The number of hydrogen-bond donors (Lipinski definition) is 8. The van der Waals surface area contributed by atoms with Crippen LogP contribution in [0.4, 0.5) is 0 Å². The monoisotopic (exact) mass is 1000 g/mol. The van der Waals surface area contributed by atoms with Crippen molar-refractivity contribution >= 4 is 0 Å². The second-order valence-corrected chi connectivity index (χ2v) is 35.9. The highest BCUT2D eigenvalue weighted by Gasteiger charge is 2.65. The van der Waals surface area contributed by atoms with Crippen molar-refractivity contribution in [1.82, 2.24) is 42.5 Å². The molecule has 5 saturated heterocycles. The third kappa shape index (κ3) is 10.2. The van der Waals surface area contributed by atoms with E-state index in [2.05, 4.69) is 187 Å². The Labute approximate surface area is 445 Å². The van der Waals surface area contributed by atoms with Crippen LogP contribution in [0.3, 0.4) is 0 Å². The number of fused-ring (bicyclic) bond motifs is 20. The number of hydrogen-bond acceptors (Lipinski definition) is 8. The molecule has 16 atom stereocenters. The van der Waals surface area contributed by atoms with Crippen LogP contribution < -0.4 is 42.5 Å². The Bertz CT molecular complexity index is 1490. The molecule has 5 aliphatic heterocycles. The summed E-state index contributed by atoms with van der Waals surface area (Å²) in [5.41, 5.74) is 1.63. The van der Waals surface area contributed by atoms with E-state index in [9.17, 15) is 0 Å². The van der Waals surface area contributed by atoms with Crippen molar-refractivity contribution in [3.8, 4) is 0 Å². The maximum Gasteiger partial charge on any atom is 0.0631 e. The molecule has 0 aromatic heterocycles. The normalized spacial score (nSPS) is 47.7. The zero-order chi connectivity index (χ0) is 53.2. The topological polar surface area (TPSA) is 96.2 Å². The lowest BCUT2D eigenvalue weighted by atomic mass is 9.53. The summed E-state index contributed by atoms with van der Waals surface area (Å²) in [6.45, 7) is 61.8. The number of rotatable bonds is 0. The molecule has 0 aromatic carbocycles. The first-order valence-corrected chi connectivity index (χ1v) is 30.9. The highest BCUT2D eigenvalue weighted by Crippen LogP contribution is 2.62. The largest absolute Gasteiger partial charge is 0.286 e. The van der Waals surface area contributed by atoms with E-state index >= 15 is 0 Å². The SMILES string of the molecule is CC(C)(C)C1CCC(C(C)(C)C)C2C3NC(NC4NC(NC5NC(NC6NC(N3)C3C6C(C(C)(C)C)CCC3C(C)(C)C)C3C5C(C(C)(C)C)CCC3C(C)(C)C)C3C4C(C(C)(C)C)CCC3C(C)(C)C)C21. The highest BCUT2D eigenvalue weighted by atomic mass is 15.4. The molecule has 9 rings (SSSR count). The number of nitrogens with one attached hydrogen (secondary N) is 8. The maximum absolute atomic E-state index is 4.73. The summed E-state index contributed by atoms with van der Waals surface area (Å²) in [5, 5.41) is 37.4. The van der Waals surface area contributed by atoms with Crippen LogP contribution in [0.2, 0.25) is 0 Å². The van der Waals surface area contributed by atoms with Crippen molar-refractivity contribution in [3.63, 3.8) is 0 Å². The van der Waals surface area contributed by atoms with Crippen LogP contribution in [-0.2, 0) is 0 Å². The van der Waals surface area contributed by atoms with Gasteiger partial charge in [-0.2, -0.15) is 0 Å². The Balaban J connectivity index is 1.26. The summed E-state index contributed by atoms with van der Waals surface area (Å²) in [5.74, 6) is 9.05. The molecule has 8 nitrogen and oxygen atoms in total. The smallest absolute Gasteiger partial charge is 0.0631 e. The molecule has 0 aromatic rings. The standard InChI is InChI=1S/C64H120N8/c1-57(2,3)33-25-26-34(58(4,5)6)42-41(33)49-65-50(42)70-52-45-37(61(13,14)15)29-30-38(62(16,17)18)46(45)54(67-52)72-56-48-40(64(22,23)24)32-31-39(63(19,20)21)47(48)55(68-56)71-53-44-36(60(10,11)12)28-27-35(59(7,8)9)43(44)51(66-53)69-49/h33-56,65-72H,25-32H2,1-24H3. The predicted molar refractivity (Wildman–Crippen MR) is 304 cm³/mol. The summed E-state index contributed by atoms with van der Waals surface area (Å²) in [6.07, 6.45) is 12.1. The minimum atomic E-state index is 0.204. The maximum atomic E-state index is 4.73. The van der Waals surface area contributed by atoms with Gasteiger partial charge < -0.3 is 0 Å². The second kappa shape index (κ2) is 18.6. The molecule has 8 bridgehead atoms. The first kappa shape index (κ1) is 56.4. The van der Waals surface area contributed by atoms with E-state index in [1.807, 2.05) is 0 Å². The van der Waals surface area contributed by atoms with Gasteiger partial charge in [0.15, 0.2) is 0 Å². The van der Waals surface area contributed by atoms with Crippen LogP contribution in [0.5, 0.6) is 0 Å². The summed E-state index contributed by atoms with van der Waals surface area (Å²) >= 11 is 0. The molecule has 8 heteroatoms. The van der Waals surface area contributed by atoms with Gasteiger partial charge in [-0.15, -0.1) is 0 Å². The molecule has 4 saturated carbocycles. The van der Waals surface area contributed by atoms with Crippen molar-refractivity contribution in [2.24, 2.45) is 138 Å². The fraction of sp³-hybridized carbons (Fsp3) is 1.00. The van der Waals surface area contributed by atoms with Crippen molar-refractivity contribution in [3.05, 3.63) is 0 Å². The Hall–Kier alpha value is -0.320. The molecule has 4 aliphatic carbocycles. The van der Waals surface area contributed by atoms with E-state index in [1.54, 1.807) is 0 Å². The van der Waals surface area contributed by atoms with Crippen LogP contribution >= 0.6 is 0 Å². The van der Waals surface area contributed by atoms with Crippen molar-refractivity contribution in [1.29, 1.82) is 0 Å². The van der Waals surface area contributed by atoms with Crippen molar-refractivity contribution in [2.45, 2.75) is 267 Å². The molecule has 5 heterocycles. The Kier molecular flexibility index (Phi) is 14.6. The van der Waals surface area contributed by atoms with E-state index in [0.717, 1.165) is 0 Å². The fourth-order valence-electron chi connectivity index (χ4n) is 20.6. The van der Waals surface area contributed by atoms with Gasteiger partial charge in [-0.3, -0.25) is 42.5 Å². The van der Waals surface area contributed by atoms with Gasteiger partial charge in [0.1, 0.15) is 0 Å². The molecular formula is C64H120N8. The molecule has 9 fully saturated rings.